The molecule has 0 aliphatic heterocycles. The molecule has 94 valence electrons. The standard InChI is InChI=1S/C12H11NO4S/c1-15-11(14)10-9(13-12(18)16-2)7-5-3-4-6-8(7)17-10/h3-6H,1-2H3,(H,13,18). The number of hydrogen-bond donors (Lipinski definition) is 1. The molecule has 0 unspecified atom stereocenters. The van der Waals surface area contributed by atoms with Gasteiger partial charge in [0, 0.05) is 5.39 Å². The van der Waals surface area contributed by atoms with Crippen LogP contribution >= 0.6 is 12.2 Å². The SMILES string of the molecule is COC(=O)c1oc2ccccc2c1NC(=S)OC. The van der Waals surface area contributed by atoms with Gasteiger partial charge in [-0.05, 0) is 24.4 Å². The van der Waals surface area contributed by atoms with Crippen LogP contribution in [0, 0.1) is 0 Å². The predicted molar refractivity (Wildman–Crippen MR) is 70.8 cm³/mol. The Bertz CT molecular complexity index is 605. The molecule has 1 aromatic carbocycles. The number of ether oxygens (including phenoxy) is 2. The van der Waals surface area contributed by atoms with E-state index < -0.39 is 5.97 Å². The highest BCUT2D eigenvalue weighted by Crippen LogP contribution is 2.31. The number of esters is 1. The third-order valence-electron chi connectivity index (χ3n) is 2.38. The second-order valence-corrected chi connectivity index (χ2v) is 3.78. The largest absolute Gasteiger partial charge is 0.474 e. The van der Waals surface area contributed by atoms with E-state index in [9.17, 15) is 4.79 Å². The van der Waals surface area contributed by atoms with Gasteiger partial charge in [-0.3, -0.25) is 0 Å². The van der Waals surface area contributed by atoms with Crippen LogP contribution in [0.4, 0.5) is 5.69 Å². The van der Waals surface area contributed by atoms with E-state index in [1.54, 1.807) is 6.07 Å². The summed E-state index contributed by atoms with van der Waals surface area (Å²) in [7, 11) is 2.73. The predicted octanol–water partition coefficient (Wildman–Crippen LogP) is 2.56. The van der Waals surface area contributed by atoms with E-state index >= 15 is 0 Å². The van der Waals surface area contributed by atoms with Crippen LogP contribution in [0.15, 0.2) is 28.7 Å². The molecule has 0 aliphatic carbocycles. The molecule has 0 atom stereocenters. The number of benzene rings is 1. The maximum atomic E-state index is 11.6. The number of methoxy groups -OCH3 is 2. The van der Waals surface area contributed by atoms with Crippen molar-refractivity contribution >= 4 is 40.0 Å². The molecule has 0 bridgehead atoms. The molecule has 18 heavy (non-hydrogen) atoms. The lowest BCUT2D eigenvalue weighted by atomic mass is 10.2. The highest BCUT2D eigenvalue weighted by Gasteiger charge is 2.21. The molecule has 1 aromatic heterocycles. The highest BCUT2D eigenvalue weighted by molar-refractivity contribution is 7.80. The fraction of sp³-hybridized carbons (Fsp3) is 0.167. The fourth-order valence-electron chi connectivity index (χ4n) is 1.56. The van der Waals surface area contributed by atoms with Crippen molar-refractivity contribution in [2.45, 2.75) is 0 Å². The summed E-state index contributed by atoms with van der Waals surface area (Å²) in [6.45, 7) is 0. The molecular weight excluding hydrogens is 254 g/mol. The number of thiocarbonyl (C=S) groups is 1. The van der Waals surface area contributed by atoms with Crippen molar-refractivity contribution in [3.8, 4) is 0 Å². The third kappa shape index (κ3) is 2.14. The van der Waals surface area contributed by atoms with Gasteiger partial charge in [0.15, 0.2) is 0 Å². The normalized spacial score (nSPS) is 10.1. The topological polar surface area (TPSA) is 60.7 Å². The van der Waals surface area contributed by atoms with Crippen LogP contribution in [-0.4, -0.2) is 25.4 Å². The van der Waals surface area contributed by atoms with Gasteiger partial charge >= 0.3 is 5.97 Å². The van der Waals surface area contributed by atoms with E-state index in [4.69, 9.17) is 21.4 Å². The van der Waals surface area contributed by atoms with Crippen molar-refractivity contribution < 1.29 is 18.7 Å². The molecule has 0 spiro atoms. The first kappa shape index (κ1) is 12.4. The molecule has 5 nitrogen and oxygen atoms in total. The number of nitrogens with one attached hydrogen (secondary N) is 1. The summed E-state index contributed by atoms with van der Waals surface area (Å²) in [5.74, 6) is -0.509. The molecule has 2 rings (SSSR count). The summed E-state index contributed by atoms with van der Waals surface area (Å²) in [4.78, 5) is 11.6. The van der Waals surface area contributed by atoms with Gasteiger partial charge in [0.25, 0.3) is 5.17 Å². The van der Waals surface area contributed by atoms with Crippen molar-refractivity contribution in [2.24, 2.45) is 0 Å². The summed E-state index contributed by atoms with van der Waals surface area (Å²) in [6, 6.07) is 7.21. The summed E-state index contributed by atoms with van der Waals surface area (Å²) >= 11 is 4.92. The molecule has 0 saturated heterocycles. The number of furan rings is 1. The molecule has 0 amide bonds. The van der Waals surface area contributed by atoms with E-state index in [2.05, 4.69) is 10.1 Å². The van der Waals surface area contributed by atoms with Crippen LogP contribution in [-0.2, 0) is 9.47 Å². The zero-order chi connectivity index (χ0) is 13.1. The Hall–Kier alpha value is -2.08. The van der Waals surface area contributed by atoms with Gasteiger partial charge in [-0.25, -0.2) is 4.79 Å². The first-order chi connectivity index (χ1) is 8.67. The number of fused-ring (bicyclic) bond motifs is 1. The van der Waals surface area contributed by atoms with Gasteiger partial charge in [-0.2, -0.15) is 0 Å². The first-order valence-corrected chi connectivity index (χ1v) is 5.53. The van der Waals surface area contributed by atoms with Crippen molar-refractivity contribution in [1.29, 1.82) is 0 Å². The number of carbonyl (C=O) groups excluding carboxylic acids is 1. The first-order valence-electron chi connectivity index (χ1n) is 5.12. The Morgan fingerprint density at radius 2 is 2.00 bits per heavy atom. The smallest absolute Gasteiger partial charge is 0.376 e. The van der Waals surface area contributed by atoms with Gasteiger partial charge in [0.1, 0.15) is 11.3 Å². The van der Waals surface area contributed by atoms with E-state index in [1.165, 1.54) is 14.2 Å². The maximum Gasteiger partial charge on any atom is 0.376 e. The number of carbonyl (C=O) groups is 1. The van der Waals surface area contributed by atoms with Gasteiger partial charge in [0.2, 0.25) is 5.76 Å². The quantitative estimate of drug-likeness (QED) is 0.665. The Kier molecular flexibility index (Phi) is 3.47. The van der Waals surface area contributed by atoms with Crippen molar-refractivity contribution in [3.63, 3.8) is 0 Å². The van der Waals surface area contributed by atoms with Crippen LogP contribution in [0.25, 0.3) is 11.0 Å². The van der Waals surface area contributed by atoms with Crippen molar-refractivity contribution in [2.75, 3.05) is 19.5 Å². The monoisotopic (exact) mass is 265 g/mol. The van der Waals surface area contributed by atoms with E-state index in [-0.39, 0.29) is 10.9 Å². The van der Waals surface area contributed by atoms with Gasteiger partial charge in [-0.1, -0.05) is 12.1 Å². The van der Waals surface area contributed by atoms with Gasteiger partial charge in [0.05, 0.1) is 14.2 Å². The van der Waals surface area contributed by atoms with Crippen LogP contribution < -0.4 is 5.32 Å². The molecule has 1 N–H and O–H groups in total. The van der Waals surface area contributed by atoms with E-state index in [0.29, 0.717) is 11.3 Å². The molecule has 2 aromatic rings. The summed E-state index contributed by atoms with van der Waals surface area (Å²) < 4.78 is 15.0. The van der Waals surface area contributed by atoms with E-state index in [0.717, 1.165) is 5.39 Å². The third-order valence-corrected chi connectivity index (χ3v) is 2.65. The number of hydrogen-bond acceptors (Lipinski definition) is 5. The molecule has 1 heterocycles. The molecule has 0 saturated carbocycles. The van der Waals surface area contributed by atoms with Crippen molar-refractivity contribution in [3.05, 3.63) is 30.0 Å². The Morgan fingerprint density at radius 1 is 1.28 bits per heavy atom. The van der Waals surface area contributed by atoms with Crippen LogP contribution in [0.3, 0.4) is 0 Å². The number of para-hydroxylation sites is 1. The summed E-state index contributed by atoms with van der Waals surface area (Å²) in [5.41, 5.74) is 1.02. The minimum absolute atomic E-state index is 0.0677. The Morgan fingerprint density at radius 3 is 2.67 bits per heavy atom. The summed E-state index contributed by atoms with van der Waals surface area (Å²) in [5, 5.41) is 3.69. The van der Waals surface area contributed by atoms with Crippen LogP contribution in [0.1, 0.15) is 10.6 Å². The minimum atomic E-state index is -0.576. The number of rotatable bonds is 2. The van der Waals surface area contributed by atoms with E-state index in [1.807, 2.05) is 18.2 Å². The summed E-state index contributed by atoms with van der Waals surface area (Å²) in [6.07, 6.45) is 0. The van der Waals surface area contributed by atoms with Crippen LogP contribution in [0.2, 0.25) is 0 Å². The molecular formula is C12H11NO4S. The Labute approximate surface area is 109 Å². The molecule has 0 radical (unpaired) electrons. The molecule has 6 heteroatoms. The van der Waals surface area contributed by atoms with Crippen molar-refractivity contribution in [1.82, 2.24) is 0 Å². The van der Waals surface area contributed by atoms with Crippen LogP contribution in [0.5, 0.6) is 0 Å². The maximum absolute atomic E-state index is 11.6. The number of anilines is 1. The lowest BCUT2D eigenvalue weighted by Gasteiger charge is -2.05. The lowest BCUT2D eigenvalue weighted by Crippen LogP contribution is -2.13. The van der Waals surface area contributed by atoms with Gasteiger partial charge in [-0.15, -0.1) is 0 Å². The fourth-order valence-corrected chi connectivity index (χ4v) is 1.66. The average Bonchev–Trinajstić information content (AvgIpc) is 2.77. The second-order valence-electron chi connectivity index (χ2n) is 3.41. The zero-order valence-electron chi connectivity index (χ0n) is 9.85. The minimum Gasteiger partial charge on any atom is -0.474 e. The second kappa shape index (κ2) is 5.05. The zero-order valence-corrected chi connectivity index (χ0v) is 10.7. The van der Waals surface area contributed by atoms with Gasteiger partial charge < -0.3 is 19.2 Å². The molecule has 0 aliphatic rings. The highest BCUT2D eigenvalue weighted by atomic mass is 32.1. The lowest BCUT2D eigenvalue weighted by molar-refractivity contribution is 0.0569. The Balaban J connectivity index is 2.57. The molecule has 0 fully saturated rings. The average molecular weight is 265 g/mol.